The lowest BCUT2D eigenvalue weighted by atomic mass is 9.86. The highest BCUT2D eigenvalue weighted by atomic mass is 35.5. The van der Waals surface area contributed by atoms with E-state index < -0.39 is 17.6 Å². The van der Waals surface area contributed by atoms with Crippen LogP contribution in [-0.2, 0) is 6.18 Å². The standard InChI is InChI=1S/C20H20Cl2F3N3O/c21-14-4-8-18(27-11-14)26-10-12-1-5-15(6-2-12)28-19(29)16-9-13(20(23,24)25)3-7-17(16)22/h3-4,7-9,11-12,15H,1-2,5-6,10H2,(H,26,27)(H,28,29). The van der Waals surface area contributed by atoms with Gasteiger partial charge in [-0.05, 0) is 61.9 Å². The number of rotatable bonds is 5. The van der Waals surface area contributed by atoms with Crippen LogP contribution in [0, 0.1) is 5.92 Å². The van der Waals surface area contributed by atoms with E-state index in [0.29, 0.717) is 10.9 Å². The van der Waals surface area contributed by atoms with Gasteiger partial charge in [-0.3, -0.25) is 4.79 Å². The zero-order valence-corrected chi connectivity index (χ0v) is 16.9. The van der Waals surface area contributed by atoms with Gasteiger partial charge in [0, 0.05) is 18.8 Å². The van der Waals surface area contributed by atoms with Crippen LogP contribution in [0.5, 0.6) is 0 Å². The number of pyridine rings is 1. The highest BCUT2D eigenvalue weighted by Gasteiger charge is 2.32. The second-order valence-corrected chi connectivity index (χ2v) is 7.97. The van der Waals surface area contributed by atoms with E-state index in [2.05, 4.69) is 15.6 Å². The van der Waals surface area contributed by atoms with Crippen LogP contribution in [0.1, 0.15) is 41.6 Å². The molecule has 1 heterocycles. The number of aromatic nitrogens is 1. The lowest BCUT2D eigenvalue weighted by Gasteiger charge is -2.29. The molecule has 0 radical (unpaired) electrons. The molecule has 1 saturated carbocycles. The van der Waals surface area contributed by atoms with Crippen molar-refractivity contribution < 1.29 is 18.0 Å². The first-order valence-corrected chi connectivity index (χ1v) is 10.0. The Balaban J connectivity index is 1.50. The molecule has 1 aliphatic rings. The molecule has 0 bridgehead atoms. The summed E-state index contributed by atoms with van der Waals surface area (Å²) >= 11 is 11.8. The van der Waals surface area contributed by atoms with Gasteiger partial charge < -0.3 is 10.6 Å². The summed E-state index contributed by atoms with van der Waals surface area (Å²) in [6.07, 6.45) is 0.341. The van der Waals surface area contributed by atoms with Crippen molar-refractivity contribution in [1.29, 1.82) is 0 Å². The Bertz CT molecular complexity index is 851. The Labute approximate surface area is 176 Å². The topological polar surface area (TPSA) is 54.0 Å². The molecule has 0 atom stereocenters. The number of hydrogen-bond acceptors (Lipinski definition) is 3. The number of carbonyl (C=O) groups is 1. The molecule has 1 aromatic carbocycles. The first kappa shape index (κ1) is 21.7. The fraction of sp³-hybridized carbons (Fsp3) is 0.400. The van der Waals surface area contributed by atoms with Crippen LogP contribution in [0.15, 0.2) is 36.5 Å². The highest BCUT2D eigenvalue weighted by molar-refractivity contribution is 6.33. The summed E-state index contributed by atoms with van der Waals surface area (Å²) in [7, 11) is 0. The molecular formula is C20H20Cl2F3N3O. The molecule has 1 aliphatic carbocycles. The summed E-state index contributed by atoms with van der Waals surface area (Å²) in [4.78, 5) is 16.6. The molecule has 0 spiro atoms. The third kappa shape index (κ3) is 6.00. The quantitative estimate of drug-likeness (QED) is 0.610. The number of benzene rings is 1. The first-order valence-electron chi connectivity index (χ1n) is 9.25. The minimum atomic E-state index is -4.52. The van der Waals surface area contributed by atoms with E-state index in [9.17, 15) is 18.0 Å². The fourth-order valence-corrected chi connectivity index (χ4v) is 3.69. The van der Waals surface area contributed by atoms with Gasteiger partial charge in [0.15, 0.2) is 0 Å². The van der Waals surface area contributed by atoms with Crippen LogP contribution in [0.25, 0.3) is 0 Å². The molecule has 1 amide bonds. The molecule has 4 nitrogen and oxygen atoms in total. The molecule has 1 aromatic heterocycles. The number of amides is 1. The molecule has 0 aliphatic heterocycles. The van der Waals surface area contributed by atoms with Gasteiger partial charge in [0.25, 0.3) is 5.91 Å². The van der Waals surface area contributed by atoms with E-state index >= 15 is 0 Å². The van der Waals surface area contributed by atoms with Crippen molar-refractivity contribution >= 4 is 34.9 Å². The Hall–Kier alpha value is -1.99. The van der Waals surface area contributed by atoms with Crippen LogP contribution in [0.4, 0.5) is 19.0 Å². The predicted octanol–water partition coefficient (Wildman–Crippen LogP) is 5.81. The average Bonchev–Trinajstić information content (AvgIpc) is 2.68. The van der Waals surface area contributed by atoms with E-state index in [4.69, 9.17) is 23.2 Å². The number of nitrogens with zero attached hydrogens (tertiary/aromatic N) is 1. The van der Waals surface area contributed by atoms with Gasteiger partial charge in [-0.15, -0.1) is 0 Å². The number of carbonyl (C=O) groups excluding carboxylic acids is 1. The lowest BCUT2D eigenvalue weighted by molar-refractivity contribution is -0.137. The summed E-state index contributed by atoms with van der Waals surface area (Å²) in [6.45, 7) is 0.759. The SMILES string of the molecule is O=C(NC1CCC(CNc2ccc(Cl)cn2)CC1)c1cc(C(F)(F)F)ccc1Cl. The Morgan fingerprint density at radius 1 is 1.10 bits per heavy atom. The third-order valence-electron chi connectivity index (χ3n) is 5.02. The lowest BCUT2D eigenvalue weighted by Crippen LogP contribution is -2.38. The van der Waals surface area contributed by atoms with Gasteiger partial charge in [-0.1, -0.05) is 23.2 Å². The molecule has 1 fully saturated rings. The zero-order valence-electron chi connectivity index (χ0n) is 15.4. The maximum atomic E-state index is 12.9. The first-order chi connectivity index (χ1) is 13.7. The van der Waals surface area contributed by atoms with Gasteiger partial charge in [-0.25, -0.2) is 4.98 Å². The van der Waals surface area contributed by atoms with Crippen molar-refractivity contribution in [3.8, 4) is 0 Å². The summed E-state index contributed by atoms with van der Waals surface area (Å²) < 4.78 is 38.7. The van der Waals surface area contributed by atoms with E-state index in [-0.39, 0.29) is 16.6 Å². The average molecular weight is 446 g/mol. The second-order valence-electron chi connectivity index (χ2n) is 7.13. The second kappa shape index (κ2) is 9.22. The minimum absolute atomic E-state index is 0.00357. The number of halogens is 5. The van der Waals surface area contributed by atoms with Gasteiger partial charge >= 0.3 is 6.18 Å². The van der Waals surface area contributed by atoms with Crippen LogP contribution < -0.4 is 10.6 Å². The number of nitrogens with one attached hydrogen (secondary N) is 2. The summed E-state index contributed by atoms with van der Waals surface area (Å²) in [5.41, 5.74) is -1.04. The molecular weight excluding hydrogens is 426 g/mol. The van der Waals surface area contributed by atoms with Crippen LogP contribution in [0.2, 0.25) is 10.0 Å². The predicted molar refractivity (Wildman–Crippen MR) is 107 cm³/mol. The van der Waals surface area contributed by atoms with E-state index in [0.717, 1.165) is 56.2 Å². The van der Waals surface area contributed by atoms with Crippen LogP contribution in [0.3, 0.4) is 0 Å². The number of alkyl halides is 3. The smallest absolute Gasteiger partial charge is 0.370 e. The van der Waals surface area contributed by atoms with Crippen LogP contribution in [-0.4, -0.2) is 23.5 Å². The molecule has 0 unspecified atom stereocenters. The largest absolute Gasteiger partial charge is 0.416 e. The van der Waals surface area contributed by atoms with Gasteiger partial charge in [0.2, 0.25) is 0 Å². The zero-order chi connectivity index (χ0) is 21.0. The van der Waals surface area contributed by atoms with Crippen molar-refractivity contribution in [3.05, 3.63) is 57.7 Å². The summed E-state index contributed by atoms with van der Waals surface area (Å²) in [5, 5.41) is 6.67. The third-order valence-corrected chi connectivity index (χ3v) is 5.57. The maximum absolute atomic E-state index is 12.9. The molecule has 3 rings (SSSR count). The van der Waals surface area contributed by atoms with Crippen molar-refractivity contribution in [3.63, 3.8) is 0 Å². The van der Waals surface area contributed by atoms with E-state index in [1.807, 2.05) is 6.07 Å². The van der Waals surface area contributed by atoms with Gasteiger partial charge in [0.05, 0.1) is 21.2 Å². The van der Waals surface area contributed by atoms with Gasteiger partial charge in [-0.2, -0.15) is 13.2 Å². The molecule has 0 saturated heterocycles. The van der Waals surface area contributed by atoms with E-state index in [1.54, 1.807) is 12.3 Å². The Morgan fingerprint density at radius 3 is 2.45 bits per heavy atom. The minimum Gasteiger partial charge on any atom is -0.370 e. The van der Waals surface area contributed by atoms with Crippen molar-refractivity contribution in [1.82, 2.24) is 10.3 Å². The Kier molecular flexibility index (Phi) is 6.90. The molecule has 9 heteroatoms. The molecule has 2 aromatic rings. The maximum Gasteiger partial charge on any atom is 0.416 e. The molecule has 156 valence electrons. The van der Waals surface area contributed by atoms with E-state index in [1.165, 1.54) is 0 Å². The summed E-state index contributed by atoms with van der Waals surface area (Å²) in [6, 6.07) is 6.26. The monoisotopic (exact) mass is 445 g/mol. The summed E-state index contributed by atoms with van der Waals surface area (Å²) in [5.74, 6) is 0.606. The Morgan fingerprint density at radius 2 is 1.83 bits per heavy atom. The molecule has 2 N–H and O–H groups in total. The van der Waals surface area contributed by atoms with Gasteiger partial charge in [0.1, 0.15) is 5.82 Å². The normalized spacial score (nSPS) is 19.6. The van der Waals surface area contributed by atoms with Crippen molar-refractivity contribution in [2.24, 2.45) is 5.92 Å². The van der Waals surface area contributed by atoms with Crippen molar-refractivity contribution in [2.45, 2.75) is 37.9 Å². The molecule has 29 heavy (non-hydrogen) atoms. The number of anilines is 1. The fourth-order valence-electron chi connectivity index (χ4n) is 3.38. The highest BCUT2D eigenvalue weighted by Crippen LogP contribution is 2.32. The number of hydrogen-bond donors (Lipinski definition) is 2. The van der Waals surface area contributed by atoms with Crippen molar-refractivity contribution in [2.75, 3.05) is 11.9 Å². The van der Waals surface area contributed by atoms with Crippen LogP contribution >= 0.6 is 23.2 Å².